The van der Waals surface area contributed by atoms with Crippen LogP contribution in [-0.2, 0) is 17.9 Å². The van der Waals surface area contributed by atoms with Gasteiger partial charge in [0.1, 0.15) is 0 Å². The van der Waals surface area contributed by atoms with E-state index in [1.807, 2.05) is 23.1 Å². The van der Waals surface area contributed by atoms with Crippen LogP contribution in [0, 0.1) is 0 Å². The van der Waals surface area contributed by atoms with Crippen LogP contribution in [0.4, 0.5) is 4.79 Å². The predicted octanol–water partition coefficient (Wildman–Crippen LogP) is 3.44. The van der Waals surface area contributed by atoms with Crippen molar-refractivity contribution < 1.29 is 9.59 Å². The average molecular weight is 363 g/mol. The lowest BCUT2D eigenvalue weighted by atomic mass is 9.98. The van der Waals surface area contributed by atoms with Crippen molar-refractivity contribution in [2.24, 2.45) is 0 Å². The van der Waals surface area contributed by atoms with Gasteiger partial charge in [-0.3, -0.25) is 4.79 Å². The molecule has 27 heavy (non-hydrogen) atoms. The van der Waals surface area contributed by atoms with Gasteiger partial charge in [-0.2, -0.15) is 0 Å². The number of urea groups is 1. The van der Waals surface area contributed by atoms with E-state index < -0.39 is 0 Å². The number of hydrogen-bond donors (Lipinski definition) is 2. The molecule has 1 heterocycles. The Balaban J connectivity index is 1.42. The van der Waals surface area contributed by atoms with E-state index in [1.165, 1.54) is 0 Å². The van der Waals surface area contributed by atoms with E-state index in [0.717, 1.165) is 48.1 Å². The molecule has 1 aliphatic heterocycles. The predicted molar refractivity (Wildman–Crippen MR) is 105 cm³/mol. The van der Waals surface area contributed by atoms with Crippen molar-refractivity contribution >= 4 is 11.9 Å². The lowest BCUT2D eigenvalue weighted by Crippen LogP contribution is -2.36. The molecule has 0 aromatic heterocycles. The Morgan fingerprint density at radius 2 is 1.85 bits per heavy atom. The second-order valence-corrected chi connectivity index (χ2v) is 7.37. The summed E-state index contributed by atoms with van der Waals surface area (Å²) >= 11 is 0. The topological polar surface area (TPSA) is 61.4 Å². The third-order valence-electron chi connectivity index (χ3n) is 5.18. The van der Waals surface area contributed by atoms with E-state index in [-0.39, 0.29) is 11.9 Å². The molecule has 0 radical (unpaired) electrons. The van der Waals surface area contributed by atoms with Crippen molar-refractivity contribution in [3.8, 4) is 11.1 Å². The van der Waals surface area contributed by atoms with Crippen LogP contribution in [0.3, 0.4) is 0 Å². The number of rotatable bonds is 6. The summed E-state index contributed by atoms with van der Waals surface area (Å²) in [5, 5.41) is 5.90. The normalized spacial score (nSPS) is 16.4. The largest absolute Gasteiger partial charge is 0.338 e. The Hall–Kier alpha value is -2.82. The number of hydrogen-bond acceptors (Lipinski definition) is 2. The smallest absolute Gasteiger partial charge is 0.315 e. The molecule has 2 N–H and O–H groups in total. The summed E-state index contributed by atoms with van der Waals surface area (Å²) in [6.45, 7) is 2.04. The molecule has 1 aliphatic carbocycles. The summed E-state index contributed by atoms with van der Waals surface area (Å²) in [5.74, 6) is 0.250. The molecule has 0 unspecified atom stereocenters. The minimum atomic E-state index is -0.0991. The minimum Gasteiger partial charge on any atom is -0.338 e. The number of nitrogens with zero attached hydrogens (tertiary/aromatic N) is 1. The third-order valence-corrected chi connectivity index (χ3v) is 5.18. The fourth-order valence-electron chi connectivity index (χ4n) is 3.48. The SMILES string of the molecule is O=C(NCc1ccccc1-c1ccc(CN2CCCC2=O)cc1)NC1CC1. The van der Waals surface area contributed by atoms with Gasteiger partial charge < -0.3 is 15.5 Å². The lowest BCUT2D eigenvalue weighted by molar-refractivity contribution is -0.128. The van der Waals surface area contributed by atoms with Crippen LogP contribution < -0.4 is 10.6 Å². The number of benzene rings is 2. The van der Waals surface area contributed by atoms with E-state index in [1.54, 1.807) is 0 Å². The summed E-state index contributed by atoms with van der Waals surface area (Å²) in [7, 11) is 0. The van der Waals surface area contributed by atoms with Gasteiger partial charge in [0.25, 0.3) is 0 Å². The van der Waals surface area contributed by atoms with E-state index in [2.05, 4.69) is 41.0 Å². The van der Waals surface area contributed by atoms with E-state index in [0.29, 0.717) is 25.6 Å². The molecule has 140 valence electrons. The van der Waals surface area contributed by atoms with Crippen LogP contribution in [0.25, 0.3) is 11.1 Å². The summed E-state index contributed by atoms with van der Waals surface area (Å²) in [6.07, 6.45) is 3.80. The standard InChI is InChI=1S/C22H25N3O2/c26-21-6-3-13-25(21)15-16-7-9-17(10-8-16)20-5-2-1-4-18(20)14-23-22(27)24-19-11-12-19/h1-2,4-5,7-10,19H,3,6,11-15H2,(H2,23,24,27). The molecule has 2 aromatic carbocycles. The molecule has 1 saturated carbocycles. The van der Waals surface area contributed by atoms with Gasteiger partial charge in [-0.05, 0) is 41.5 Å². The first-order chi connectivity index (χ1) is 13.2. The second-order valence-electron chi connectivity index (χ2n) is 7.37. The van der Waals surface area contributed by atoms with Crippen LogP contribution in [0.1, 0.15) is 36.8 Å². The maximum atomic E-state index is 11.9. The van der Waals surface area contributed by atoms with Crippen molar-refractivity contribution in [2.75, 3.05) is 6.54 Å². The maximum Gasteiger partial charge on any atom is 0.315 e. The molecule has 5 heteroatoms. The Morgan fingerprint density at radius 1 is 1.07 bits per heavy atom. The first-order valence-electron chi connectivity index (χ1n) is 9.68. The van der Waals surface area contributed by atoms with Crippen LogP contribution in [0.15, 0.2) is 48.5 Å². The first-order valence-corrected chi connectivity index (χ1v) is 9.68. The average Bonchev–Trinajstić information content (AvgIpc) is 3.41. The fraction of sp³-hybridized carbons (Fsp3) is 0.364. The quantitative estimate of drug-likeness (QED) is 0.826. The second kappa shape index (κ2) is 7.82. The summed E-state index contributed by atoms with van der Waals surface area (Å²) < 4.78 is 0. The zero-order chi connectivity index (χ0) is 18.6. The molecule has 0 atom stereocenters. The van der Waals surface area contributed by atoms with Gasteiger partial charge in [-0.1, -0.05) is 48.5 Å². The number of amides is 3. The molecule has 2 aromatic rings. The summed E-state index contributed by atoms with van der Waals surface area (Å²) in [6, 6.07) is 16.8. The van der Waals surface area contributed by atoms with E-state index >= 15 is 0 Å². The van der Waals surface area contributed by atoms with Gasteiger partial charge in [0.2, 0.25) is 5.91 Å². The zero-order valence-electron chi connectivity index (χ0n) is 15.4. The van der Waals surface area contributed by atoms with Crippen molar-refractivity contribution in [1.29, 1.82) is 0 Å². The molecule has 0 bridgehead atoms. The first kappa shape index (κ1) is 17.6. The minimum absolute atomic E-state index is 0.0991. The van der Waals surface area contributed by atoms with Crippen molar-refractivity contribution in [3.05, 3.63) is 59.7 Å². The summed E-state index contributed by atoms with van der Waals surface area (Å²) in [4.78, 5) is 25.6. The fourth-order valence-corrected chi connectivity index (χ4v) is 3.48. The Labute approximate surface area is 159 Å². The van der Waals surface area contributed by atoms with E-state index in [9.17, 15) is 9.59 Å². The molecular formula is C22H25N3O2. The zero-order valence-corrected chi connectivity index (χ0v) is 15.4. The monoisotopic (exact) mass is 363 g/mol. The number of carbonyl (C=O) groups is 2. The van der Waals surface area contributed by atoms with Crippen LogP contribution >= 0.6 is 0 Å². The van der Waals surface area contributed by atoms with Crippen LogP contribution in [0.5, 0.6) is 0 Å². The molecule has 3 amide bonds. The number of nitrogens with one attached hydrogen (secondary N) is 2. The molecule has 2 fully saturated rings. The number of carbonyl (C=O) groups excluding carboxylic acids is 2. The molecule has 1 saturated heterocycles. The highest BCUT2D eigenvalue weighted by Crippen LogP contribution is 2.25. The molecule has 4 rings (SSSR count). The summed E-state index contributed by atoms with van der Waals surface area (Å²) in [5.41, 5.74) is 4.47. The van der Waals surface area contributed by atoms with Gasteiger partial charge in [0.05, 0.1) is 0 Å². The third kappa shape index (κ3) is 4.48. The van der Waals surface area contributed by atoms with Gasteiger partial charge >= 0.3 is 6.03 Å². The maximum absolute atomic E-state index is 11.9. The van der Waals surface area contributed by atoms with Crippen molar-refractivity contribution in [2.45, 2.75) is 44.8 Å². The Kier molecular flexibility index (Phi) is 5.10. The highest BCUT2D eigenvalue weighted by atomic mass is 16.2. The highest BCUT2D eigenvalue weighted by molar-refractivity contribution is 5.78. The van der Waals surface area contributed by atoms with Crippen molar-refractivity contribution in [3.63, 3.8) is 0 Å². The Bertz CT molecular complexity index is 828. The van der Waals surface area contributed by atoms with Crippen LogP contribution in [-0.4, -0.2) is 29.4 Å². The van der Waals surface area contributed by atoms with Gasteiger partial charge in [0, 0.05) is 32.1 Å². The van der Waals surface area contributed by atoms with Crippen LogP contribution in [0.2, 0.25) is 0 Å². The Morgan fingerprint density at radius 3 is 2.56 bits per heavy atom. The molecular weight excluding hydrogens is 338 g/mol. The number of likely N-dealkylation sites (tertiary alicyclic amines) is 1. The van der Waals surface area contributed by atoms with Crippen molar-refractivity contribution in [1.82, 2.24) is 15.5 Å². The lowest BCUT2D eigenvalue weighted by Gasteiger charge is -2.16. The van der Waals surface area contributed by atoms with Gasteiger partial charge in [0.15, 0.2) is 0 Å². The highest BCUT2D eigenvalue weighted by Gasteiger charge is 2.23. The molecule has 0 spiro atoms. The van der Waals surface area contributed by atoms with Gasteiger partial charge in [-0.15, -0.1) is 0 Å². The van der Waals surface area contributed by atoms with E-state index in [4.69, 9.17) is 0 Å². The molecule has 5 nitrogen and oxygen atoms in total. The molecule has 2 aliphatic rings. The van der Waals surface area contributed by atoms with Gasteiger partial charge in [-0.25, -0.2) is 4.79 Å².